The number of carbonyl (C=O) groups is 1. The highest BCUT2D eigenvalue weighted by atomic mass is 32.2. The van der Waals surface area contributed by atoms with E-state index < -0.39 is 33.8 Å². The van der Waals surface area contributed by atoms with Crippen molar-refractivity contribution < 1.29 is 40.8 Å². The van der Waals surface area contributed by atoms with Crippen molar-refractivity contribution in [2.75, 3.05) is 6.26 Å². The zero-order chi connectivity index (χ0) is 27.4. The number of carboxylic acids is 1. The van der Waals surface area contributed by atoms with Crippen LogP contribution in [0.1, 0.15) is 30.0 Å². The number of ether oxygens (including phenoxy) is 1. The molecule has 1 N–H and O–H groups in total. The first-order valence-corrected chi connectivity index (χ1v) is 13.0. The Hall–Kier alpha value is -4.38. The highest BCUT2D eigenvalue weighted by Gasteiger charge is 2.35. The molecule has 10 nitrogen and oxygen atoms in total. The van der Waals surface area contributed by atoms with Crippen molar-refractivity contribution in [3.63, 3.8) is 0 Å². The van der Waals surface area contributed by atoms with Gasteiger partial charge >= 0.3 is 12.3 Å². The minimum absolute atomic E-state index is 0.0132. The number of fused-ring (bicyclic) bond motifs is 3. The molecule has 1 aliphatic rings. The van der Waals surface area contributed by atoms with Crippen molar-refractivity contribution in [1.82, 2.24) is 14.7 Å². The summed E-state index contributed by atoms with van der Waals surface area (Å²) in [4.78, 5) is 15.6. The van der Waals surface area contributed by atoms with Gasteiger partial charge in [0.15, 0.2) is 9.84 Å². The molecule has 1 atom stereocenters. The number of benzene rings is 2. The average molecular weight is 546 g/mol. The molecule has 1 unspecified atom stereocenters. The molecule has 38 heavy (non-hydrogen) atoms. The summed E-state index contributed by atoms with van der Waals surface area (Å²) in [6.07, 6.45) is -3.63. The lowest BCUT2D eigenvalue weighted by atomic mass is 10.00. The zero-order valence-corrected chi connectivity index (χ0v) is 20.3. The van der Waals surface area contributed by atoms with Gasteiger partial charge in [0, 0.05) is 46.4 Å². The number of aliphatic carboxylic acids is 1. The highest BCUT2D eigenvalue weighted by Crippen LogP contribution is 2.43. The lowest BCUT2D eigenvalue weighted by Crippen LogP contribution is -2.17. The minimum atomic E-state index is -4.97. The fourth-order valence-corrected chi connectivity index (χ4v) is 6.01. The van der Waals surface area contributed by atoms with Crippen LogP contribution >= 0.6 is 0 Å². The lowest BCUT2D eigenvalue weighted by molar-refractivity contribution is -0.274. The van der Waals surface area contributed by atoms with Crippen LogP contribution in [-0.4, -0.2) is 46.8 Å². The van der Waals surface area contributed by atoms with Gasteiger partial charge in [-0.1, -0.05) is 5.16 Å². The molecule has 2 aromatic carbocycles. The summed E-state index contributed by atoms with van der Waals surface area (Å²) in [5.41, 5.74) is 1.30. The van der Waals surface area contributed by atoms with Gasteiger partial charge in [-0.2, -0.15) is 10.2 Å². The van der Waals surface area contributed by atoms with E-state index in [9.17, 15) is 36.8 Å². The number of sulfone groups is 1. The third-order valence-corrected chi connectivity index (χ3v) is 7.31. The monoisotopic (exact) mass is 546 g/mol. The standard InChI is InChI=1S/C24H17F3N4O6S/c1-38(34,35)21-17-9-14(2-3-18(17)31-5-4-13(20(21)31)10-19(32)33)22-29-23(37-30-22)15-6-12(11-28)7-16(8-15)36-24(25,26)27/h2-3,6-9,13H,4-5,10H2,1H3,(H,32,33). The van der Waals surface area contributed by atoms with Gasteiger partial charge in [0.05, 0.1) is 22.9 Å². The van der Waals surface area contributed by atoms with Crippen LogP contribution in [0.2, 0.25) is 0 Å². The smallest absolute Gasteiger partial charge is 0.481 e. The first-order valence-electron chi connectivity index (χ1n) is 11.1. The molecule has 0 aliphatic carbocycles. The van der Waals surface area contributed by atoms with Crippen LogP contribution in [0, 0.1) is 11.3 Å². The fraction of sp³-hybridized carbons (Fsp3) is 0.250. The van der Waals surface area contributed by atoms with E-state index >= 15 is 0 Å². The molecule has 1 aliphatic heterocycles. The maximum Gasteiger partial charge on any atom is 0.573 e. The van der Waals surface area contributed by atoms with Crippen LogP contribution in [0.15, 0.2) is 45.8 Å². The maximum absolute atomic E-state index is 12.8. The lowest BCUT2D eigenvalue weighted by Gasteiger charge is -2.09. The Labute approximate surface area is 212 Å². The van der Waals surface area contributed by atoms with Gasteiger partial charge in [0.1, 0.15) is 5.75 Å². The molecule has 14 heteroatoms. The van der Waals surface area contributed by atoms with Gasteiger partial charge in [0.25, 0.3) is 5.89 Å². The summed E-state index contributed by atoms with van der Waals surface area (Å²) in [5.74, 6) is -2.29. The molecular weight excluding hydrogens is 529 g/mol. The van der Waals surface area contributed by atoms with Gasteiger partial charge in [0.2, 0.25) is 5.82 Å². The van der Waals surface area contributed by atoms with E-state index in [0.717, 1.165) is 18.4 Å². The second-order valence-electron chi connectivity index (χ2n) is 8.78. The second kappa shape index (κ2) is 8.88. The Bertz CT molecular complexity index is 1750. The van der Waals surface area contributed by atoms with Crippen molar-refractivity contribution in [3.8, 4) is 34.7 Å². The maximum atomic E-state index is 12.8. The normalized spacial score (nSPS) is 15.4. The Balaban J connectivity index is 1.59. The number of halogens is 3. The van der Waals surface area contributed by atoms with Crippen LogP contribution in [0.3, 0.4) is 0 Å². The summed E-state index contributed by atoms with van der Waals surface area (Å²) in [5, 5.41) is 22.7. The predicted octanol–water partition coefficient (Wildman–Crippen LogP) is 4.49. The molecule has 3 heterocycles. The Morgan fingerprint density at radius 3 is 2.68 bits per heavy atom. The number of nitriles is 1. The molecule has 0 bridgehead atoms. The summed E-state index contributed by atoms with van der Waals surface area (Å²) >= 11 is 0. The number of aryl methyl sites for hydroxylation is 1. The fourth-order valence-electron chi connectivity index (χ4n) is 4.79. The number of carboxylic acid groups (broad SMARTS) is 1. The first-order chi connectivity index (χ1) is 17.8. The van der Waals surface area contributed by atoms with Crippen molar-refractivity contribution in [3.05, 3.63) is 47.7 Å². The SMILES string of the molecule is CS(=O)(=O)c1c2n(c3ccc(-c4noc(-c5cc(C#N)cc(OC(F)(F)F)c5)n4)cc13)CCC2CC(=O)O. The number of hydrogen-bond donors (Lipinski definition) is 1. The molecule has 0 saturated carbocycles. The van der Waals surface area contributed by atoms with Crippen LogP contribution < -0.4 is 4.74 Å². The average Bonchev–Trinajstić information content (AvgIpc) is 3.52. The van der Waals surface area contributed by atoms with Crippen molar-refractivity contribution in [2.24, 2.45) is 0 Å². The number of hydrogen-bond acceptors (Lipinski definition) is 8. The zero-order valence-electron chi connectivity index (χ0n) is 19.5. The van der Waals surface area contributed by atoms with Gasteiger partial charge in [-0.15, -0.1) is 13.2 Å². The Kier molecular flexibility index (Phi) is 5.90. The van der Waals surface area contributed by atoms with Crippen molar-refractivity contribution in [2.45, 2.75) is 36.6 Å². The second-order valence-corrected chi connectivity index (χ2v) is 10.7. The van der Waals surface area contributed by atoms with E-state index in [4.69, 9.17) is 4.52 Å². The third-order valence-electron chi connectivity index (χ3n) is 6.14. The molecule has 0 amide bonds. The van der Waals surface area contributed by atoms with Crippen molar-refractivity contribution >= 4 is 26.7 Å². The largest absolute Gasteiger partial charge is 0.573 e. The molecule has 2 aromatic heterocycles. The molecule has 196 valence electrons. The van der Waals surface area contributed by atoms with E-state index in [0.29, 0.717) is 35.1 Å². The predicted molar refractivity (Wildman–Crippen MR) is 125 cm³/mol. The van der Waals surface area contributed by atoms with Crippen LogP contribution in [0.25, 0.3) is 33.7 Å². The molecular formula is C24H17F3N4O6S. The van der Waals surface area contributed by atoms with Crippen molar-refractivity contribution in [1.29, 1.82) is 5.26 Å². The first kappa shape index (κ1) is 25.3. The van der Waals surface area contributed by atoms with E-state index in [2.05, 4.69) is 14.9 Å². The van der Waals surface area contributed by atoms with Crippen LogP contribution in [0.5, 0.6) is 5.75 Å². The van der Waals surface area contributed by atoms with E-state index in [1.54, 1.807) is 28.8 Å². The minimum Gasteiger partial charge on any atom is -0.481 e. The number of aromatic nitrogens is 3. The quantitative estimate of drug-likeness (QED) is 0.369. The molecule has 4 aromatic rings. The molecule has 0 radical (unpaired) electrons. The molecule has 0 saturated heterocycles. The summed E-state index contributed by atoms with van der Waals surface area (Å²) in [7, 11) is -3.76. The van der Waals surface area contributed by atoms with E-state index in [1.165, 1.54) is 6.07 Å². The molecule has 5 rings (SSSR count). The topological polar surface area (TPSA) is 148 Å². The van der Waals surface area contributed by atoms with Gasteiger partial charge in [-0.3, -0.25) is 4.79 Å². The van der Waals surface area contributed by atoms with Crippen LogP contribution in [-0.2, 0) is 21.2 Å². The van der Waals surface area contributed by atoms with E-state index in [-0.39, 0.29) is 34.2 Å². The highest BCUT2D eigenvalue weighted by molar-refractivity contribution is 7.91. The van der Waals surface area contributed by atoms with E-state index in [1.807, 2.05) is 0 Å². The summed E-state index contributed by atoms with van der Waals surface area (Å²) < 4.78 is 74.6. The summed E-state index contributed by atoms with van der Waals surface area (Å²) in [6, 6.07) is 9.77. The van der Waals surface area contributed by atoms with Gasteiger partial charge in [-0.25, -0.2) is 8.42 Å². The van der Waals surface area contributed by atoms with Crippen LogP contribution in [0.4, 0.5) is 13.2 Å². The molecule has 0 fully saturated rings. The number of nitrogens with zero attached hydrogens (tertiary/aromatic N) is 4. The van der Waals surface area contributed by atoms with Gasteiger partial charge < -0.3 is 18.9 Å². The number of alkyl halides is 3. The number of rotatable bonds is 6. The Morgan fingerprint density at radius 1 is 1.26 bits per heavy atom. The third kappa shape index (κ3) is 4.68. The summed E-state index contributed by atoms with van der Waals surface area (Å²) in [6.45, 7) is 0.461. The van der Waals surface area contributed by atoms with Gasteiger partial charge in [-0.05, 0) is 42.8 Å². The molecule has 0 spiro atoms. The Morgan fingerprint density at radius 2 is 2.03 bits per heavy atom.